The summed E-state index contributed by atoms with van der Waals surface area (Å²) in [6.07, 6.45) is 0. The molecular formula is C14H9BrF2N2O2. The Morgan fingerprint density at radius 3 is 2.43 bits per heavy atom. The van der Waals surface area contributed by atoms with Crippen LogP contribution in [-0.4, -0.2) is 11.8 Å². The summed E-state index contributed by atoms with van der Waals surface area (Å²) in [4.78, 5) is 23.1. The quantitative estimate of drug-likeness (QED) is 0.888. The van der Waals surface area contributed by atoms with Crippen LogP contribution in [0.2, 0.25) is 0 Å². The lowest BCUT2D eigenvalue weighted by Gasteiger charge is -2.09. The molecule has 0 saturated carbocycles. The van der Waals surface area contributed by atoms with E-state index in [9.17, 15) is 18.4 Å². The van der Waals surface area contributed by atoms with Gasteiger partial charge in [-0.3, -0.25) is 9.59 Å². The van der Waals surface area contributed by atoms with E-state index in [1.165, 1.54) is 18.2 Å². The molecule has 3 N–H and O–H groups in total. The van der Waals surface area contributed by atoms with Gasteiger partial charge in [-0.25, -0.2) is 8.78 Å². The van der Waals surface area contributed by atoms with Crippen LogP contribution < -0.4 is 11.1 Å². The van der Waals surface area contributed by atoms with Gasteiger partial charge in [0.2, 0.25) is 5.91 Å². The molecule has 4 nitrogen and oxygen atoms in total. The van der Waals surface area contributed by atoms with Gasteiger partial charge in [0, 0.05) is 10.0 Å². The van der Waals surface area contributed by atoms with Crippen LogP contribution >= 0.6 is 15.9 Å². The molecule has 108 valence electrons. The Balaban J connectivity index is 2.36. The number of amides is 2. The lowest BCUT2D eigenvalue weighted by atomic mass is 10.1. The Morgan fingerprint density at radius 1 is 1.10 bits per heavy atom. The Hall–Kier alpha value is -2.28. The SMILES string of the molecule is NC(=O)c1ccc(F)c(NC(=O)c2c(F)cccc2Br)c1. The van der Waals surface area contributed by atoms with Crippen molar-refractivity contribution in [3.05, 3.63) is 63.6 Å². The number of carbonyl (C=O) groups excluding carboxylic acids is 2. The summed E-state index contributed by atoms with van der Waals surface area (Å²) < 4.78 is 27.5. The molecule has 2 amide bonds. The number of primary amides is 1. The number of nitrogens with one attached hydrogen (secondary N) is 1. The van der Waals surface area contributed by atoms with Crippen LogP contribution in [0, 0.1) is 11.6 Å². The molecule has 0 aliphatic carbocycles. The van der Waals surface area contributed by atoms with Gasteiger partial charge in [-0.15, -0.1) is 0 Å². The molecule has 0 atom stereocenters. The van der Waals surface area contributed by atoms with Gasteiger partial charge in [0.15, 0.2) is 0 Å². The molecule has 2 aromatic carbocycles. The Morgan fingerprint density at radius 2 is 1.81 bits per heavy atom. The lowest BCUT2D eigenvalue weighted by Crippen LogP contribution is -2.17. The van der Waals surface area contributed by atoms with Gasteiger partial charge in [-0.2, -0.15) is 0 Å². The van der Waals surface area contributed by atoms with Crippen molar-refractivity contribution in [2.75, 3.05) is 5.32 Å². The molecule has 0 aliphatic heterocycles. The Labute approximate surface area is 127 Å². The largest absolute Gasteiger partial charge is 0.366 e. The zero-order chi connectivity index (χ0) is 15.6. The number of benzene rings is 2. The van der Waals surface area contributed by atoms with Crippen LogP contribution in [0.4, 0.5) is 14.5 Å². The van der Waals surface area contributed by atoms with Crippen molar-refractivity contribution in [1.82, 2.24) is 0 Å². The number of nitrogens with two attached hydrogens (primary N) is 1. The van der Waals surface area contributed by atoms with Crippen molar-refractivity contribution in [2.24, 2.45) is 5.73 Å². The lowest BCUT2D eigenvalue weighted by molar-refractivity contribution is 0.0995. The molecule has 7 heteroatoms. The van der Waals surface area contributed by atoms with E-state index in [0.29, 0.717) is 0 Å². The van der Waals surface area contributed by atoms with E-state index in [-0.39, 0.29) is 21.3 Å². The van der Waals surface area contributed by atoms with Gasteiger partial charge in [0.1, 0.15) is 11.6 Å². The minimum atomic E-state index is -0.847. The average Bonchev–Trinajstić information content (AvgIpc) is 2.40. The van der Waals surface area contributed by atoms with Crippen LogP contribution in [0.15, 0.2) is 40.9 Å². The van der Waals surface area contributed by atoms with Crippen molar-refractivity contribution in [3.63, 3.8) is 0 Å². The minimum absolute atomic E-state index is 0.0271. The maximum atomic E-state index is 13.7. The average molecular weight is 355 g/mol. The van der Waals surface area contributed by atoms with E-state index >= 15 is 0 Å². The third kappa shape index (κ3) is 3.25. The van der Waals surface area contributed by atoms with Crippen LogP contribution in [0.3, 0.4) is 0 Å². The molecule has 0 aliphatic rings. The van der Waals surface area contributed by atoms with E-state index < -0.39 is 23.4 Å². The van der Waals surface area contributed by atoms with Crippen molar-refractivity contribution in [1.29, 1.82) is 0 Å². The van der Waals surface area contributed by atoms with E-state index in [2.05, 4.69) is 21.2 Å². The smallest absolute Gasteiger partial charge is 0.259 e. The highest BCUT2D eigenvalue weighted by Gasteiger charge is 2.17. The number of halogens is 3. The van der Waals surface area contributed by atoms with Gasteiger partial charge in [0.05, 0.1) is 11.3 Å². The first kappa shape index (κ1) is 15.1. The second-order valence-corrected chi connectivity index (χ2v) is 4.96. The highest BCUT2D eigenvalue weighted by molar-refractivity contribution is 9.10. The van der Waals surface area contributed by atoms with Crippen molar-refractivity contribution in [2.45, 2.75) is 0 Å². The third-order valence-corrected chi connectivity index (χ3v) is 3.35. The van der Waals surface area contributed by atoms with Crippen LogP contribution in [-0.2, 0) is 0 Å². The highest BCUT2D eigenvalue weighted by atomic mass is 79.9. The summed E-state index contributed by atoms with van der Waals surface area (Å²) in [6.45, 7) is 0. The second kappa shape index (κ2) is 6.01. The maximum Gasteiger partial charge on any atom is 0.259 e. The second-order valence-electron chi connectivity index (χ2n) is 4.11. The van der Waals surface area contributed by atoms with E-state index in [0.717, 1.165) is 18.2 Å². The first-order chi connectivity index (χ1) is 9.90. The fourth-order valence-electron chi connectivity index (χ4n) is 1.67. The number of hydrogen-bond donors (Lipinski definition) is 2. The van der Waals surface area contributed by atoms with Crippen LogP contribution in [0.25, 0.3) is 0 Å². The van der Waals surface area contributed by atoms with Crippen molar-refractivity contribution in [3.8, 4) is 0 Å². The van der Waals surface area contributed by atoms with Crippen molar-refractivity contribution < 1.29 is 18.4 Å². The summed E-state index contributed by atoms with van der Waals surface area (Å²) >= 11 is 3.05. The zero-order valence-electron chi connectivity index (χ0n) is 10.5. The Kier molecular flexibility index (Phi) is 4.32. The molecular weight excluding hydrogens is 346 g/mol. The monoisotopic (exact) mass is 354 g/mol. The number of hydrogen-bond acceptors (Lipinski definition) is 2. The van der Waals surface area contributed by atoms with Crippen LogP contribution in [0.5, 0.6) is 0 Å². The van der Waals surface area contributed by atoms with Gasteiger partial charge >= 0.3 is 0 Å². The minimum Gasteiger partial charge on any atom is -0.366 e. The molecule has 0 saturated heterocycles. The molecule has 21 heavy (non-hydrogen) atoms. The fraction of sp³-hybridized carbons (Fsp3) is 0. The maximum absolute atomic E-state index is 13.7. The van der Waals surface area contributed by atoms with E-state index in [1.807, 2.05) is 0 Å². The first-order valence-corrected chi connectivity index (χ1v) is 6.54. The molecule has 0 heterocycles. The molecule has 2 aromatic rings. The molecule has 2 rings (SSSR count). The zero-order valence-corrected chi connectivity index (χ0v) is 12.1. The van der Waals surface area contributed by atoms with E-state index in [1.54, 1.807) is 0 Å². The van der Waals surface area contributed by atoms with E-state index in [4.69, 9.17) is 5.73 Å². The summed E-state index contributed by atoms with van der Waals surface area (Å²) in [5.74, 6) is -3.13. The molecule has 0 radical (unpaired) electrons. The number of anilines is 1. The first-order valence-electron chi connectivity index (χ1n) is 5.75. The van der Waals surface area contributed by atoms with Gasteiger partial charge in [-0.1, -0.05) is 6.07 Å². The predicted octanol–water partition coefficient (Wildman–Crippen LogP) is 3.08. The summed E-state index contributed by atoms with van der Waals surface area (Å²) in [6, 6.07) is 7.28. The Bertz CT molecular complexity index is 715. The summed E-state index contributed by atoms with van der Waals surface area (Å²) in [5, 5.41) is 2.21. The highest BCUT2D eigenvalue weighted by Crippen LogP contribution is 2.22. The summed E-state index contributed by atoms with van der Waals surface area (Å²) in [7, 11) is 0. The standard InChI is InChI=1S/C14H9BrF2N2O2/c15-8-2-1-3-10(17)12(8)14(21)19-11-6-7(13(18)20)4-5-9(11)16/h1-6H,(H2,18,20)(H,19,21). The fourth-order valence-corrected chi connectivity index (χ4v) is 2.20. The molecule has 0 fully saturated rings. The normalized spacial score (nSPS) is 10.2. The topological polar surface area (TPSA) is 72.2 Å². The molecule has 0 bridgehead atoms. The van der Waals surface area contributed by atoms with Crippen LogP contribution in [0.1, 0.15) is 20.7 Å². The molecule has 0 unspecified atom stereocenters. The van der Waals surface area contributed by atoms with Gasteiger partial charge in [0.25, 0.3) is 5.91 Å². The molecule has 0 aromatic heterocycles. The summed E-state index contributed by atoms with van der Waals surface area (Å²) in [5.41, 5.74) is 4.59. The van der Waals surface area contributed by atoms with Gasteiger partial charge in [-0.05, 0) is 46.3 Å². The number of carbonyl (C=O) groups is 2. The van der Waals surface area contributed by atoms with Gasteiger partial charge < -0.3 is 11.1 Å². The van der Waals surface area contributed by atoms with Crippen molar-refractivity contribution >= 4 is 33.4 Å². The molecule has 0 spiro atoms. The predicted molar refractivity (Wildman–Crippen MR) is 77.0 cm³/mol. The number of rotatable bonds is 3. The third-order valence-electron chi connectivity index (χ3n) is 2.69.